The molecule has 0 rings (SSSR count). The molecule has 0 spiro atoms. The normalized spacial score (nSPS) is 18.0. The molecule has 0 heterocycles. The van der Waals surface area contributed by atoms with Crippen molar-refractivity contribution in [1.29, 1.82) is 0 Å². The van der Waals surface area contributed by atoms with Crippen LogP contribution in [0.4, 0.5) is 0 Å². The Morgan fingerprint density at radius 1 is 0.556 bits per heavy atom. The minimum Gasteiger partial charge on any atom is 0 e. The van der Waals surface area contributed by atoms with Crippen LogP contribution in [-0.2, 0) is 0 Å². The molecular weight excluding hydrogens is 278 g/mol. The van der Waals surface area contributed by atoms with Gasteiger partial charge in [0.05, 0.1) is 0 Å². The molecule has 0 unspecified atom stereocenters. The van der Waals surface area contributed by atoms with Gasteiger partial charge in [0.1, 0.15) is 0 Å². The molecule has 9 heavy (non-hydrogen) atoms. The van der Waals surface area contributed by atoms with Gasteiger partial charge in [0.2, 0.25) is 0 Å². The molecule has 6 radical (unpaired) electrons. The summed E-state index contributed by atoms with van der Waals surface area (Å²) in [6.07, 6.45) is 0. The Hall–Kier alpha value is 1.61. The van der Waals surface area contributed by atoms with Crippen LogP contribution >= 0.6 is 0 Å². The van der Waals surface area contributed by atoms with Gasteiger partial charge in [-0.05, 0) is 0 Å². The van der Waals surface area contributed by atoms with E-state index < -0.39 is 17.9 Å². The molecule has 0 aromatic rings. The summed E-state index contributed by atoms with van der Waals surface area (Å²) in [7, 11) is 0. The summed E-state index contributed by atoms with van der Waals surface area (Å²) < 4.78 is 44.5. The maximum absolute atomic E-state index is 8.18. The molecule has 0 saturated heterocycles. The molecule has 0 aromatic heterocycles. The Morgan fingerprint density at radius 3 is 0.556 bits per heavy atom. The topological polar surface area (TPSA) is 121 Å². The first kappa shape index (κ1) is 16.9. The standard InChI is InChI=1S/2Al.H6O6Te/c;;1-7(2,3,4,5)6/h;;1-6H. The van der Waals surface area contributed by atoms with E-state index in [1.165, 1.54) is 0 Å². The van der Waals surface area contributed by atoms with Gasteiger partial charge in [-0.2, -0.15) is 0 Å². The van der Waals surface area contributed by atoms with E-state index in [0.29, 0.717) is 0 Å². The molecule has 0 amide bonds. The van der Waals surface area contributed by atoms with E-state index in [1.54, 1.807) is 0 Å². The average Bonchev–Trinajstić information content (AvgIpc) is 0.592. The quantitative estimate of drug-likeness (QED) is 0.249. The van der Waals surface area contributed by atoms with Crippen LogP contribution in [0.3, 0.4) is 0 Å². The summed E-state index contributed by atoms with van der Waals surface area (Å²) in [5, 5.41) is 0. The van der Waals surface area contributed by atoms with Crippen molar-refractivity contribution in [3.63, 3.8) is 0 Å². The van der Waals surface area contributed by atoms with Crippen LogP contribution in [0.5, 0.6) is 0 Å². The van der Waals surface area contributed by atoms with Crippen molar-refractivity contribution < 1.29 is 20.8 Å². The zero-order valence-electron chi connectivity index (χ0n) is 4.25. The van der Waals surface area contributed by atoms with Crippen LogP contribution in [0.25, 0.3) is 0 Å². The Bertz CT molecular complexity index is 69.6. The Morgan fingerprint density at radius 2 is 0.556 bits per heavy atom. The SMILES string of the molecule is O[Te](O)(O)(O)(O)O.[Al].[Al]. The van der Waals surface area contributed by atoms with Crippen LogP contribution in [0.2, 0.25) is 0 Å². The first-order valence-corrected chi connectivity index (χ1v) is 7.35. The predicted molar refractivity (Wildman–Crippen MR) is 30.6 cm³/mol. The van der Waals surface area contributed by atoms with Gasteiger partial charge in [0.15, 0.2) is 0 Å². The Balaban J connectivity index is -0.000000180. The number of rotatable bonds is 0. The Kier molecular flexibility index (Phi) is 4.86. The first-order chi connectivity index (χ1) is 2.45. The second kappa shape index (κ2) is 2.58. The second-order valence-electron chi connectivity index (χ2n) is 1.22. The van der Waals surface area contributed by atoms with Crippen molar-refractivity contribution in [2.75, 3.05) is 0 Å². The fraction of sp³-hybridized carbons (Fsp3) is 0. The van der Waals surface area contributed by atoms with Crippen molar-refractivity contribution >= 4 is 52.6 Å². The number of hydrogen-bond acceptors (Lipinski definition) is 6. The largest absolute Gasteiger partial charge is 0 e. The molecule has 6 nitrogen and oxygen atoms in total. The van der Waals surface area contributed by atoms with Gasteiger partial charge in [-0.1, -0.05) is 0 Å². The van der Waals surface area contributed by atoms with E-state index in [9.17, 15) is 0 Å². The van der Waals surface area contributed by atoms with Crippen molar-refractivity contribution in [2.45, 2.75) is 0 Å². The first-order valence-electron chi connectivity index (χ1n) is 1.10. The molecule has 0 fully saturated rings. The van der Waals surface area contributed by atoms with Crippen LogP contribution in [0.1, 0.15) is 0 Å². The van der Waals surface area contributed by atoms with Crippen molar-refractivity contribution in [3.8, 4) is 0 Å². The predicted octanol–water partition coefficient (Wildman–Crippen LogP) is -4.48. The zero-order chi connectivity index (χ0) is 6.41. The van der Waals surface area contributed by atoms with E-state index in [1.807, 2.05) is 0 Å². The summed E-state index contributed by atoms with van der Waals surface area (Å²) in [4.78, 5) is 0. The smallest absolute Gasteiger partial charge is 0 e. The van der Waals surface area contributed by atoms with Gasteiger partial charge in [0.25, 0.3) is 0 Å². The van der Waals surface area contributed by atoms with Crippen LogP contribution < -0.4 is 0 Å². The van der Waals surface area contributed by atoms with Crippen molar-refractivity contribution in [3.05, 3.63) is 0 Å². The molecule has 0 atom stereocenters. The third kappa shape index (κ3) is 214. The monoisotopic (exact) mass is 286 g/mol. The fourth-order valence-electron chi connectivity index (χ4n) is 0. The van der Waals surface area contributed by atoms with Crippen LogP contribution in [0.15, 0.2) is 0 Å². The molecule has 0 saturated carbocycles. The molecule has 0 aliphatic heterocycles. The Labute approximate surface area is 73.1 Å². The minimum absolute atomic E-state index is 0. The van der Waals surface area contributed by atoms with Gasteiger partial charge < -0.3 is 0 Å². The van der Waals surface area contributed by atoms with E-state index in [0.717, 1.165) is 0 Å². The maximum Gasteiger partial charge on any atom is 0 e. The molecule has 54 valence electrons. The summed E-state index contributed by atoms with van der Waals surface area (Å²) in [5.74, 6) is 0. The third-order valence-corrected chi connectivity index (χ3v) is 0. The van der Waals surface area contributed by atoms with Gasteiger partial charge in [-0.15, -0.1) is 0 Å². The maximum atomic E-state index is 7.42. The summed E-state index contributed by atoms with van der Waals surface area (Å²) in [5.41, 5.74) is 0. The van der Waals surface area contributed by atoms with E-state index in [4.69, 9.17) is 20.8 Å². The molecule has 0 bridgehead atoms. The molecule has 0 aliphatic rings. The van der Waals surface area contributed by atoms with E-state index >= 15 is 0 Å². The molecule has 0 aliphatic carbocycles. The third-order valence-electron chi connectivity index (χ3n) is 0. The van der Waals surface area contributed by atoms with E-state index in [2.05, 4.69) is 0 Å². The van der Waals surface area contributed by atoms with Gasteiger partial charge in [-0.25, -0.2) is 0 Å². The summed E-state index contributed by atoms with van der Waals surface area (Å²) in [6.45, 7) is 0. The zero-order valence-corrected chi connectivity index (χ0v) is 8.89. The summed E-state index contributed by atoms with van der Waals surface area (Å²) in [6, 6.07) is 0. The number of hydrogen-bond donors (Lipinski definition) is 6. The average molecular weight is 284 g/mol. The minimum atomic E-state index is -8.18. The van der Waals surface area contributed by atoms with Crippen LogP contribution in [0, 0.1) is 0 Å². The van der Waals surface area contributed by atoms with Gasteiger partial charge >= 0.3 is 38.7 Å². The fourth-order valence-corrected chi connectivity index (χ4v) is 0. The molecular formula is H6Al2O6Te. The summed E-state index contributed by atoms with van der Waals surface area (Å²) >= 11 is -8.18. The molecule has 9 heteroatoms. The van der Waals surface area contributed by atoms with Gasteiger partial charge in [-0.3, -0.25) is 0 Å². The van der Waals surface area contributed by atoms with Gasteiger partial charge in [0, 0.05) is 34.7 Å². The molecule has 6 N–H and O–H groups in total. The molecule has 0 aromatic carbocycles. The van der Waals surface area contributed by atoms with Crippen molar-refractivity contribution in [1.82, 2.24) is 0 Å². The second-order valence-corrected chi connectivity index (χ2v) is 8.22. The van der Waals surface area contributed by atoms with E-state index in [-0.39, 0.29) is 34.7 Å². The van der Waals surface area contributed by atoms with Crippen LogP contribution in [-0.4, -0.2) is 73.5 Å². The van der Waals surface area contributed by atoms with Crippen molar-refractivity contribution in [2.24, 2.45) is 0 Å².